The van der Waals surface area contributed by atoms with E-state index in [-0.39, 0.29) is 5.91 Å². The molecule has 0 saturated carbocycles. The Morgan fingerprint density at radius 2 is 1.80 bits per heavy atom. The van der Waals surface area contributed by atoms with E-state index in [1.54, 1.807) is 4.90 Å². The molecule has 3 rings (SSSR count). The molecule has 164 valence electrons. The van der Waals surface area contributed by atoms with Crippen LogP contribution in [0.2, 0.25) is 5.02 Å². The third-order valence-electron chi connectivity index (χ3n) is 5.98. The Labute approximate surface area is 186 Å². The summed E-state index contributed by atoms with van der Waals surface area (Å²) in [6, 6.07) is 6.51. The Morgan fingerprint density at radius 1 is 1.13 bits per heavy atom. The second-order valence-corrected chi connectivity index (χ2v) is 9.00. The molecule has 0 saturated heterocycles. The first kappa shape index (κ1) is 22.7. The highest BCUT2D eigenvalue weighted by molar-refractivity contribution is 6.33. The average molecular weight is 431 g/mol. The van der Waals surface area contributed by atoms with Crippen LogP contribution < -0.4 is 4.90 Å². The van der Waals surface area contributed by atoms with Crippen molar-refractivity contribution in [1.29, 1.82) is 0 Å². The molecule has 0 bridgehead atoms. The maximum Gasteiger partial charge on any atom is 0.275 e. The van der Waals surface area contributed by atoms with Gasteiger partial charge >= 0.3 is 0 Å². The van der Waals surface area contributed by atoms with Gasteiger partial charge in [0.1, 0.15) is 5.82 Å². The third kappa shape index (κ3) is 4.09. The number of benzene rings is 1. The van der Waals surface area contributed by atoms with Crippen molar-refractivity contribution >= 4 is 29.0 Å². The SMILES string of the molecule is CCCC(CCC)n1c(CC)nc2c1C(=O)N(C)CN2c1ccc(C(C)C)cc1Cl. The lowest BCUT2D eigenvalue weighted by atomic mass is 10.0. The molecule has 5 nitrogen and oxygen atoms in total. The number of fused-ring (bicyclic) bond motifs is 1. The third-order valence-corrected chi connectivity index (χ3v) is 6.28. The van der Waals surface area contributed by atoms with Gasteiger partial charge in [0.25, 0.3) is 5.91 Å². The number of imidazole rings is 1. The van der Waals surface area contributed by atoms with E-state index in [1.807, 2.05) is 13.1 Å². The van der Waals surface area contributed by atoms with E-state index in [1.165, 1.54) is 5.56 Å². The molecule has 2 aromatic rings. The Bertz CT molecular complexity index is 899. The van der Waals surface area contributed by atoms with Gasteiger partial charge in [0.15, 0.2) is 11.5 Å². The Kier molecular flexibility index (Phi) is 7.12. The van der Waals surface area contributed by atoms with Gasteiger partial charge in [0.05, 0.1) is 17.4 Å². The number of anilines is 2. The van der Waals surface area contributed by atoms with Crippen molar-refractivity contribution in [3.63, 3.8) is 0 Å². The lowest BCUT2D eigenvalue weighted by Crippen LogP contribution is -2.43. The minimum atomic E-state index is 0.0422. The number of carbonyl (C=O) groups excluding carboxylic acids is 1. The number of hydrogen-bond acceptors (Lipinski definition) is 3. The topological polar surface area (TPSA) is 41.4 Å². The van der Waals surface area contributed by atoms with Gasteiger partial charge in [-0.2, -0.15) is 0 Å². The van der Waals surface area contributed by atoms with Gasteiger partial charge in [-0.05, 0) is 36.5 Å². The second-order valence-electron chi connectivity index (χ2n) is 8.59. The number of aromatic nitrogens is 2. The first-order valence-electron chi connectivity index (χ1n) is 11.3. The Hall–Kier alpha value is -2.01. The van der Waals surface area contributed by atoms with Crippen LogP contribution >= 0.6 is 11.6 Å². The van der Waals surface area contributed by atoms with Gasteiger partial charge in [0.2, 0.25) is 0 Å². The van der Waals surface area contributed by atoms with Gasteiger partial charge in [-0.1, -0.05) is 65.1 Å². The van der Waals surface area contributed by atoms with Crippen LogP contribution in [0.15, 0.2) is 18.2 Å². The summed E-state index contributed by atoms with van der Waals surface area (Å²) in [6.45, 7) is 11.3. The van der Waals surface area contributed by atoms with E-state index in [4.69, 9.17) is 16.6 Å². The molecule has 0 atom stereocenters. The fourth-order valence-corrected chi connectivity index (χ4v) is 4.67. The highest BCUT2D eigenvalue weighted by Gasteiger charge is 2.36. The van der Waals surface area contributed by atoms with E-state index < -0.39 is 0 Å². The first-order chi connectivity index (χ1) is 14.3. The maximum absolute atomic E-state index is 13.3. The predicted octanol–water partition coefficient (Wildman–Crippen LogP) is 6.54. The molecule has 0 N–H and O–H groups in total. The van der Waals surface area contributed by atoms with Gasteiger partial charge in [0, 0.05) is 19.5 Å². The molecule has 2 heterocycles. The van der Waals surface area contributed by atoms with E-state index >= 15 is 0 Å². The monoisotopic (exact) mass is 430 g/mol. The van der Waals surface area contributed by atoms with Crippen molar-refractivity contribution < 1.29 is 4.79 Å². The van der Waals surface area contributed by atoms with Crippen molar-refractivity contribution in [2.45, 2.75) is 78.7 Å². The fraction of sp³-hybridized carbons (Fsp3) is 0.583. The molecule has 1 aliphatic rings. The molecule has 30 heavy (non-hydrogen) atoms. The molecule has 1 aromatic carbocycles. The molecular formula is C24H35ClN4O. The van der Waals surface area contributed by atoms with E-state index in [2.05, 4.69) is 56.2 Å². The molecule has 1 amide bonds. The van der Waals surface area contributed by atoms with Gasteiger partial charge < -0.3 is 14.4 Å². The van der Waals surface area contributed by atoms with Crippen molar-refractivity contribution in [2.24, 2.45) is 0 Å². The molecule has 1 aliphatic heterocycles. The number of halogens is 1. The summed E-state index contributed by atoms with van der Waals surface area (Å²) in [5.41, 5.74) is 2.81. The smallest absolute Gasteiger partial charge is 0.275 e. The molecule has 0 radical (unpaired) electrons. The number of nitrogens with zero attached hydrogens (tertiary/aromatic N) is 4. The highest BCUT2D eigenvalue weighted by atomic mass is 35.5. The quantitative estimate of drug-likeness (QED) is 0.477. The highest BCUT2D eigenvalue weighted by Crippen LogP contribution is 2.40. The van der Waals surface area contributed by atoms with Crippen LogP contribution in [0.1, 0.15) is 94.1 Å². The van der Waals surface area contributed by atoms with E-state index in [9.17, 15) is 4.79 Å². The van der Waals surface area contributed by atoms with Gasteiger partial charge in [-0.15, -0.1) is 0 Å². The normalized spacial score (nSPS) is 14.2. The second kappa shape index (κ2) is 9.42. The minimum Gasteiger partial charge on any atom is -0.322 e. The zero-order valence-corrected chi connectivity index (χ0v) is 20.0. The largest absolute Gasteiger partial charge is 0.322 e. The minimum absolute atomic E-state index is 0.0422. The van der Waals surface area contributed by atoms with Crippen LogP contribution in [0.5, 0.6) is 0 Å². The molecule has 6 heteroatoms. The van der Waals surface area contributed by atoms with Crippen molar-refractivity contribution in [3.8, 4) is 0 Å². The number of aryl methyl sites for hydroxylation is 1. The molecule has 0 fully saturated rings. The zero-order chi connectivity index (χ0) is 22.0. The zero-order valence-electron chi connectivity index (χ0n) is 19.2. The lowest BCUT2D eigenvalue weighted by Gasteiger charge is -2.35. The summed E-state index contributed by atoms with van der Waals surface area (Å²) >= 11 is 6.72. The summed E-state index contributed by atoms with van der Waals surface area (Å²) in [6.07, 6.45) is 5.05. The Morgan fingerprint density at radius 3 is 2.33 bits per heavy atom. The van der Waals surface area contributed by atoms with Crippen molar-refractivity contribution in [3.05, 3.63) is 40.3 Å². The van der Waals surface area contributed by atoms with Crippen molar-refractivity contribution in [2.75, 3.05) is 18.6 Å². The summed E-state index contributed by atoms with van der Waals surface area (Å²) in [5.74, 6) is 2.18. The van der Waals surface area contributed by atoms with Crippen LogP contribution in [0.25, 0.3) is 0 Å². The summed E-state index contributed by atoms with van der Waals surface area (Å²) < 4.78 is 2.23. The maximum atomic E-state index is 13.3. The van der Waals surface area contributed by atoms with E-state index in [0.717, 1.165) is 49.4 Å². The molecule has 0 aliphatic carbocycles. The van der Waals surface area contributed by atoms with Crippen molar-refractivity contribution in [1.82, 2.24) is 14.5 Å². The molecular weight excluding hydrogens is 396 g/mol. The van der Waals surface area contributed by atoms with Crippen LogP contribution in [0.4, 0.5) is 11.5 Å². The summed E-state index contributed by atoms with van der Waals surface area (Å²) in [7, 11) is 1.85. The standard InChI is InChI=1S/C24H35ClN4O/c1-7-10-18(11-8-2)29-21(9-3)26-23-22(29)24(30)27(6)15-28(23)20-13-12-17(16(4)5)14-19(20)25/h12-14,16,18H,7-11,15H2,1-6H3. The average Bonchev–Trinajstić information content (AvgIpc) is 3.10. The molecule has 0 spiro atoms. The fourth-order valence-electron chi connectivity index (χ4n) is 4.38. The molecule has 1 aromatic heterocycles. The Balaban J connectivity index is 2.17. The van der Waals surface area contributed by atoms with Gasteiger partial charge in [-0.25, -0.2) is 4.98 Å². The number of hydrogen-bond donors (Lipinski definition) is 0. The summed E-state index contributed by atoms with van der Waals surface area (Å²) in [5, 5.41) is 0.696. The first-order valence-corrected chi connectivity index (χ1v) is 11.6. The van der Waals surface area contributed by atoms with Crippen LogP contribution in [-0.4, -0.2) is 34.1 Å². The predicted molar refractivity (Wildman–Crippen MR) is 125 cm³/mol. The van der Waals surface area contributed by atoms with E-state index in [0.29, 0.717) is 29.3 Å². The lowest BCUT2D eigenvalue weighted by molar-refractivity contribution is 0.0772. The summed E-state index contributed by atoms with van der Waals surface area (Å²) in [4.78, 5) is 22.1. The van der Waals surface area contributed by atoms with Crippen LogP contribution in [0.3, 0.4) is 0 Å². The van der Waals surface area contributed by atoms with Gasteiger partial charge in [-0.3, -0.25) is 4.79 Å². The molecule has 0 unspecified atom stereocenters. The van der Waals surface area contributed by atoms with Crippen LogP contribution in [0, 0.1) is 0 Å². The number of carbonyl (C=O) groups is 1. The number of rotatable bonds is 8. The number of amides is 1. The van der Waals surface area contributed by atoms with Crippen LogP contribution in [-0.2, 0) is 6.42 Å².